The third-order valence-corrected chi connectivity index (χ3v) is 6.08. The van der Waals surface area contributed by atoms with Crippen molar-refractivity contribution in [3.05, 3.63) is 12.2 Å². The Labute approximate surface area is 147 Å². The van der Waals surface area contributed by atoms with Gasteiger partial charge in [0.05, 0.1) is 17.6 Å². The van der Waals surface area contributed by atoms with Gasteiger partial charge in [-0.3, -0.25) is 0 Å². The highest BCUT2D eigenvalue weighted by Crippen LogP contribution is 2.43. The van der Waals surface area contributed by atoms with Gasteiger partial charge < -0.3 is 14.9 Å². The van der Waals surface area contributed by atoms with E-state index in [9.17, 15) is 5.11 Å². The van der Waals surface area contributed by atoms with Crippen molar-refractivity contribution in [3.8, 4) is 0 Å². The van der Waals surface area contributed by atoms with Gasteiger partial charge in [0.1, 0.15) is 5.08 Å². The van der Waals surface area contributed by atoms with Gasteiger partial charge >= 0.3 is 0 Å². The molecule has 3 N–H and O–H groups in total. The quantitative estimate of drug-likeness (QED) is 0.173. The van der Waals surface area contributed by atoms with Crippen molar-refractivity contribution in [2.45, 2.75) is 102 Å². The van der Waals surface area contributed by atoms with Crippen molar-refractivity contribution < 1.29 is 14.9 Å². The molecule has 0 aromatic heterocycles. The molecule has 23 heavy (non-hydrogen) atoms. The normalized spacial score (nSPS) is 15.5. The summed E-state index contributed by atoms with van der Waals surface area (Å²) in [6, 6.07) is 0. The minimum Gasteiger partial charge on any atom is -0.377 e. The van der Waals surface area contributed by atoms with E-state index >= 15 is 0 Å². The van der Waals surface area contributed by atoms with Crippen LogP contribution in [0.15, 0.2) is 12.2 Å². The van der Waals surface area contributed by atoms with E-state index in [0.29, 0.717) is 6.42 Å². The van der Waals surface area contributed by atoms with Gasteiger partial charge in [-0.2, -0.15) is 0 Å². The second-order valence-corrected chi connectivity index (χ2v) is 9.02. The molecule has 138 valence electrons. The van der Waals surface area contributed by atoms with Crippen LogP contribution in [0.4, 0.5) is 0 Å². The molecule has 3 nitrogen and oxygen atoms in total. The Morgan fingerprint density at radius 3 is 1.61 bits per heavy atom. The van der Waals surface area contributed by atoms with Crippen LogP contribution in [0.3, 0.4) is 0 Å². The van der Waals surface area contributed by atoms with E-state index in [4.69, 9.17) is 9.79 Å². The highest BCUT2D eigenvalue weighted by atomic mass is 31.1. The predicted octanol–water partition coefficient (Wildman–Crippen LogP) is 5.84. The molecule has 0 aromatic carbocycles. The van der Waals surface area contributed by atoms with Gasteiger partial charge in [-0.05, 0) is 38.5 Å². The van der Waals surface area contributed by atoms with Crippen LogP contribution in [0, 0.1) is 0 Å². The molecule has 0 heterocycles. The van der Waals surface area contributed by atoms with E-state index < -0.39 is 22.7 Å². The fourth-order valence-corrected chi connectivity index (χ4v) is 3.37. The minimum absolute atomic E-state index is 0.509. The molecule has 0 spiro atoms. The molecule has 0 rings (SSSR count). The molecule has 0 fully saturated rings. The standard InChI is InChI=1S/C18H38O3P2/c1-2-3-4-5-6-7-8-9-10-11-12-13-14-15-16-17-18(19,22-20)23-21/h9-10,19-23H,2-8,11-17H2,1H3/b10-9-. The van der Waals surface area contributed by atoms with Gasteiger partial charge in [0.25, 0.3) is 0 Å². The third kappa shape index (κ3) is 15.7. The molecular weight excluding hydrogens is 326 g/mol. The Morgan fingerprint density at radius 1 is 0.696 bits per heavy atom. The van der Waals surface area contributed by atoms with E-state index in [1.165, 1.54) is 70.6 Å². The van der Waals surface area contributed by atoms with Gasteiger partial charge in [0.2, 0.25) is 0 Å². The average Bonchev–Trinajstić information content (AvgIpc) is 2.58. The lowest BCUT2D eigenvalue weighted by Gasteiger charge is -2.21. The first-order valence-corrected chi connectivity index (χ1v) is 11.3. The van der Waals surface area contributed by atoms with Crippen molar-refractivity contribution in [2.75, 3.05) is 0 Å². The maximum Gasteiger partial charge on any atom is 0.145 e. The molecule has 5 heteroatoms. The Hall–Kier alpha value is 0.480. The lowest BCUT2D eigenvalue weighted by Crippen LogP contribution is -2.14. The molecule has 0 aliphatic heterocycles. The van der Waals surface area contributed by atoms with Crippen LogP contribution in [-0.2, 0) is 0 Å². The van der Waals surface area contributed by atoms with E-state index in [1.807, 2.05) is 0 Å². The fourth-order valence-electron chi connectivity index (χ4n) is 2.59. The first-order valence-electron chi connectivity index (χ1n) is 9.38. The van der Waals surface area contributed by atoms with Crippen LogP contribution in [0.5, 0.6) is 0 Å². The minimum atomic E-state index is -1.22. The number of hydrogen-bond acceptors (Lipinski definition) is 3. The molecular formula is C18H38O3P2. The van der Waals surface area contributed by atoms with Gasteiger partial charge in [0.15, 0.2) is 0 Å². The van der Waals surface area contributed by atoms with Gasteiger partial charge in [0, 0.05) is 0 Å². The van der Waals surface area contributed by atoms with Gasteiger partial charge in [-0.1, -0.05) is 70.4 Å². The molecule has 0 saturated carbocycles. The number of hydrogen-bond donors (Lipinski definition) is 3. The molecule has 0 amide bonds. The first kappa shape index (κ1) is 23.5. The zero-order chi connectivity index (χ0) is 17.2. The maximum absolute atomic E-state index is 9.75. The van der Waals surface area contributed by atoms with Crippen LogP contribution in [0.25, 0.3) is 0 Å². The summed E-state index contributed by atoms with van der Waals surface area (Å²) in [7, 11) is -1.16. The second kappa shape index (κ2) is 17.3. The SMILES string of the molecule is CCCCCCCC/C=C\CCCCCCCC(O)(PO)PO. The second-order valence-electron chi connectivity index (χ2n) is 6.42. The topological polar surface area (TPSA) is 60.7 Å². The number of rotatable bonds is 17. The van der Waals surface area contributed by atoms with Crippen molar-refractivity contribution >= 4 is 17.6 Å². The summed E-state index contributed by atoms with van der Waals surface area (Å²) in [5, 5.41) is 8.53. The summed E-state index contributed by atoms with van der Waals surface area (Å²) in [6.07, 6.45) is 21.4. The lowest BCUT2D eigenvalue weighted by atomic mass is 10.1. The van der Waals surface area contributed by atoms with Crippen LogP contribution in [-0.4, -0.2) is 20.0 Å². The average molecular weight is 364 g/mol. The molecule has 0 aliphatic rings. The predicted molar refractivity (Wildman–Crippen MR) is 105 cm³/mol. The Morgan fingerprint density at radius 2 is 1.13 bits per heavy atom. The lowest BCUT2D eigenvalue weighted by molar-refractivity contribution is 0.190. The maximum atomic E-state index is 9.75. The first-order chi connectivity index (χ1) is 11.2. The van der Waals surface area contributed by atoms with Crippen molar-refractivity contribution in [2.24, 2.45) is 0 Å². The Bertz CT molecular complexity index is 269. The smallest absolute Gasteiger partial charge is 0.145 e. The molecule has 0 aliphatic carbocycles. The van der Waals surface area contributed by atoms with Crippen molar-refractivity contribution in [1.29, 1.82) is 0 Å². The van der Waals surface area contributed by atoms with E-state index in [2.05, 4.69) is 19.1 Å². The van der Waals surface area contributed by atoms with Crippen molar-refractivity contribution in [3.63, 3.8) is 0 Å². The van der Waals surface area contributed by atoms with Gasteiger partial charge in [-0.25, -0.2) is 0 Å². The molecule has 0 radical (unpaired) electrons. The van der Waals surface area contributed by atoms with Crippen LogP contribution in [0.1, 0.15) is 96.8 Å². The highest BCUT2D eigenvalue weighted by Gasteiger charge is 2.24. The van der Waals surface area contributed by atoms with Crippen LogP contribution in [0.2, 0.25) is 0 Å². The molecule has 0 aromatic rings. The number of allylic oxidation sites excluding steroid dienone is 2. The monoisotopic (exact) mass is 364 g/mol. The summed E-state index contributed by atoms with van der Waals surface area (Å²) in [6.45, 7) is 2.26. The molecule has 2 atom stereocenters. The van der Waals surface area contributed by atoms with Crippen LogP contribution < -0.4 is 0 Å². The third-order valence-electron chi connectivity index (χ3n) is 4.17. The summed E-state index contributed by atoms with van der Waals surface area (Å²) in [5.41, 5.74) is 0. The fraction of sp³-hybridized carbons (Fsp3) is 0.889. The summed E-state index contributed by atoms with van der Waals surface area (Å²) in [4.78, 5) is 18.0. The Kier molecular flexibility index (Phi) is 17.7. The largest absolute Gasteiger partial charge is 0.377 e. The zero-order valence-electron chi connectivity index (χ0n) is 14.9. The van der Waals surface area contributed by atoms with E-state index in [1.54, 1.807) is 0 Å². The summed E-state index contributed by atoms with van der Waals surface area (Å²) in [5.74, 6) is 0. The van der Waals surface area contributed by atoms with Crippen molar-refractivity contribution in [1.82, 2.24) is 0 Å². The number of aliphatic hydroxyl groups is 1. The highest BCUT2D eigenvalue weighted by molar-refractivity contribution is 7.52. The molecule has 2 unspecified atom stereocenters. The molecule has 0 bridgehead atoms. The van der Waals surface area contributed by atoms with Crippen LogP contribution >= 0.6 is 17.6 Å². The van der Waals surface area contributed by atoms with E-state index in [0.717, 1.165) is 12.8 Å². The Balaban J connectivity index is 3.25. The van der Waals surface area contributed by atoms with E-state index in [-0.39, 0.29) is 0 Å². The zero-order valence-corrected chi connectivity index (χ0v) is 16.9. The summed E-state index contributed by atoms with van der Waals surface area (Å²) < 4.78 is 0. The number of unbranched alkanes of at least 4 members (excludes halogenated alkanes) is 11. The summed E-state index contributed by atoms with van der Waals surface area (Å²) >= 11 is 0. The van der Waals surface area contributed by atoms with Gasteiger partial charge in [-0.15, -0.1) is 0 Å². The molecule has 0 saturated heterocycles.